The Bertz CT molecular complexity index is 383. The highest BCUT2D eigenvalue weighted by Gasteiger charge is 2.18. The molecule has 0 aromatic carbocycles. The third-order valence-corrected chi connectivity index (χ3v) is 3.70. The van der Waals surface area contributed by atoms with Crippen molar-refractivity contribution in [2.24, 2.45) is 0 Å². The van der Waals surface area contributed by atoms with Gasteiger partial charge in [-0.25, -0.2) is 4.98 Å². The fourth-order valence-corrected chi connectivity index (χ4v) is 2.67. The van der Waals surface area contributed by atoms with Gasteiger partial charge < -0.3 is 10.1 Å². The quantitative estimate of drug-likeness (QED) is 0.874. The number of aryl methyl sites for hydroxylation is 2. The Hall–Kier alpha value is -0.940. The van der Waals surface area contributed by atoms with Gasteiger partial charge in [0.25, 0.3) is 5.91 Å². The van der Waals surface area contributed by atoms with Gasteiger partial charge in [-0.15, -0.1) is 11.3 Å². The van der Waals surface area contributed by atoms with E-state index in [2.05, 4.69) is 10.3 Å². The summed E-state index contributed by atoms with van der Waals surface area (Å²) in [6.45, 7) is 5.20. The summed E-state index contributed by atoms with van der Waals surface area (Å²) in [7, 11) is 0. The molecule has 16 heavy (non-hydrogen) atoms. The Morgan fingerprint density at radius 1 is 1.62 bits per heavy atom. The summed E-state index contributed by atoms with van der Waals surface area (Å²) in [5, 5.41) is 3.83. The van der Waals surface area contributed by atoms with Crippen LogP contribution in [0.5, 0.6) is 0 Å². The highest BCUT2D eigenvalue weighted by Crippen LogP contribution is 2.17. The summed E-state index contributed by atoms with van der Waals surface area (Å²) in [4.78, 5) is 16.8. The summed E-state index contributed by atoms with van der Waals surface area (Å²) in [5.74, 6) is -0.0291. The molecular weight excluding hydrogens is 224 g/mol. The van der Waals surface area contributed by atoms with Gasteiger partial charge >= 0.3 is 0 Å². The molecule has 88 valence electrons. The zero-order valence-electron chi connectivity index (χ0n) is 9.58. The smallest absolute Gasteiger partial charge is 0.263 e. The van der Waals surface area contributed by atoms with Crippen molar-refractivity contribution in [3.05, 3.63) is 15.6 Å². The Morgan fingerprint density at radius 3 is 3.00 bits per heavy atom. The molecule has 5 heteroatoms. The molecule has 1 N–H and O–H groups in total. The van der Waals surface area contributed by atoms with Gasteiger partial charge in [0, 0.05) is 13.2 Å². The minimum atomic E-state index is -0.0291. The van der Waals surface area contributed by atoms with Crippen LogP contribution in [0.15, 0.2) is 0 Å². The van der Waals surface area contributed by atoms with Crippen molar-refractivity contribution in [1.82, 2.24) is 10.3 Å². The first-order valence-electron chi connectivity index (χ1n) is 5.50. The summed E-state index contributed by atoms with van der Waals surface area (Å²) in [6.07, 6.45) is 2.33. The molecule has 1 aromatic heterocycles. The molecule has 0 radical (unpaired) electrons. The van der Waals surface area contributed by atoms with Gasteiger partial charge in [-0.3, -0.25) is 4.79 Å². The SMILES string of the molecule is Cc1nc(C)c(C(=O)NC[C@@H]2CCCO2)s1. The highest BCUT2D eigenvalue weighted by atomic mass is 32.1. The number of hydrogen-bond donors (Lipinski definition) is 1. The maximum atomic E-state index is 11.8. The van der Waals surface area contributed by atoms with Crippen LogP contribution in [0.25, 0.3) is 0 Å². The fourth-order valence-electron chi connectivity index (χ4n) is 1.83. The first kappa shape index (κ1) is 11.5. The van der Waals surface area contributed by atoms with Gasteiger partial charge in [-0.05, 0) is 26.7 Å². The maximum Gasteiger partial charge on any atom is 0.263 e. The zero-order valence-corrected chi connectivity index (χ0v) is 10.4. The number of rotatable bonds is 3. The molecule has 0 saturated carbocycles. The highest BCUT2D eigenvalue weighted by molar-refractivity contribution is 7.13. The van der Waals surface area contributed by atoms with Crippen molar-refractivity contribution in [2.75, 3.05) is 13.2 Å². The van der Waals surface area contributed by atoms with E-state index >= 15 is 0 Å². The second-order valence-corrected chi connectivity index (χ2v) is 5.20. The minimum Gasteiger partial charge on any atom is -0.376 e. The molecule has 1 amide bonds. The lowest BCUT2D eigenvalue weighted by Crippen LogP contribution is -2.31. The summed E-state index contributed by atoms with van der Waals surface area (Å²) >= 11 is 1.44. The number of ether oxygens (including phenoxy) is 1. The van der Waals surface area contributed by atoms with Crippen molar-refractivity contribution in [2.45, 2.75) is 32.8 Å². The van der Waals surface area contributed by atoms with Crippen molar-refractivity contribution in [3.8, 4) is 0 Å². The van der Waals surface area contributed by atoms with Crippen molar-refractivity contribution in [3.63, 3.8) is 0 Å². The number of carbonyl (C=O) groups excluding carboxylic acids is 1. The average Bonchev–Trinajstić information content (AvgIpc) is 2.84. The van der Waals surface area contributed by atoms with Crippen LogP contribution in [0.4, 0.5) is 0 Å². The summed E-state index contributed by atoms with van der Waals surface area (Å²) in [5.41, 5.74) is 0.812. The largest absolute Gasteiger partial charge is 0.376 e. The zero-order chi connectivity index (χ0) is 11.5. The van der Waals surface area contributed by atoms with Crippen LogP contribution in [-0.4, -0.2) is 30.1 Å². The van der Waals surface area contributed by atoms with Crippen molar-refractivity contribution in [1.29, 1.82) is 0 Å². The third kappa shape index (κ3) is 2.59. The Morgan fingerprint density at radius 2 is 2.44 bits per heavy atom. The molecule has 0 unspecified atom stereocenters. The van der Waals surface area contributed by atoms with Crippen LogP contribution in [-0.2, 0) is 4.74 Å². The number of aromatic nitrogens is 1. The van der Waals surface area contributed by atoms with Gasteiger partial charge in [-0.1, -0.05) is 0 Å². The van der Waals surface area contributed by atoms with Crippen LogP contribution < -0.4 is 5.32 Å². The standard InChI is InChI=1S/C11H16N2O2S/c1-7-10(16-8(2)13-7)11(14)12-6-9-4-3-5-15-9/h9H,3-6H2,1-2H3,(H,12,14)/t9-/m0/s1. The Labute approximate surface area is 99.0 Å². The molecule has 0 aliphatic carbocycles. The molecule has 0 bridgehead atoms. The van der Waals surface area contributed by atoms with E-state index in [1.807, 2.05) is 13.8 Å². The number of thiazole rings is 1. The molecule has 1 aliphatic heterocycles. The molecule has 1 aliphatic rings. The van der Waals surface area contributed by atoms with E-state index in [0.29, 0.717) is 6.54 Å². The number of nitrogens with one attached hydrogen (secondary N) is 1. The average molecular weight is 240 g/mol. The predicted octanol–water partition coefficient (Wildman–Crippen LogP) is 1.67. The summed E-state index contributed by atoms with van der Waals surface area (Å²) < 4.78 is 5.45. The number of amides is 1. The molecule has 2 heterocycles. The van der Waals surface area contributed by atoms with E-state index in [0.717, 1.165) is 35.0 Å². The normalized spacial score (nSPS) is 20.0. The van der Waals surface area contributed by atoms with Gasteiger partial charge in [0.05, 0.1) is 16.8 Å². The van der Waals surface area contributed by atoms with E-state index < -0.39 is 0 Å². The van der Waals surface area contributed by atoms with Gasteiger partial charge in [0.1, 0.15) is 4.88 Å². The van der Waals surface area contributed by atoms with Crippen LogP contribution in [0.3, 0.4) is 0 Å². The lowest BCUT2D eigenvalue weighted by Gasteiger charge is -2.09. The van der Waals surface area contributed by atoms with E-state index in [1.165, 1.54) is 11.3 Å². The minimum absolute atomic E-state index is 0.0291. The summed E-state index contributed by atoms with van der Waals surface area (Å²) in [6, 6.07) is 0. The van der Waals surface area contributed by atoms with Crippen LogP contribution in [0.1, 0.15) is 33.2 Å². The molecule has 2 rings (SSSR count). The molecule has 0 spiro atoms. The van der Waals surface area contributed by atoms with Crippen LogP contribution in [0.2, 0.25) is 0 Å². The second-order valence-electron chi connectivity index (χ2n) is 3.99. The first-order valence-corrected chi connectivity index (χ1v) is 6.32. The monoisotopic (exact) mass is 240 g/mol. The van der Waals surface area contributed by atoms with Crippen LogP contribution in [0, 0.1) is 13.8 Å². The first-order chi connectivity index (χ1) is 7.66. The van der Waals surface area contributed by atoms with Gasteiger partial charge in [0.15, 0.2) is 0 Å². The predicted molar refractivity (Wildman–Crippen MR) is 62.9 cm³/mol. The molecular formula is C11H16N2O2S. The van der Waals surface area contributed by atoms with E-state index in [9.17, 15) is 4.79 Å². The van der Waals surface area contributed by atoms with E-state index in [-0.39, 0.29) is 12.0 Å². The third-order valence-electron chi connectivity index (χ3n) is 2.62. The topological polar surface area (TPSA) is 51.2 Å². The molecule has 1 aromatic rings. The molecule has 1 fully saturated rings. The Kier molecular flexibility index (Phi) is 3.56. The molecule has 1 saturated heterocycles. The van der Waals surface area contributed by atoms with E-state index in [4.69, 9.17) is 4.74 Å². The van der Waals surface area contributed by atoms with Gasteiger partial charge in [0.2, 0.25) is 0 Å². The van der Waals surface area contributed by atoms with E-state index in [1.54, 1.807) is 0 Å². The fraction of sp³-hybridized carbons (Fsp3) is 0.636. The van der Waals surface area contributed by atoms with Crippen LogP contribution >= 0.6 is 11.3 Å². The second kappa shape index (κ2) is 4.93. The lowest BCUT2D eigenvalue weighted by molar-refractivity contribution is 0.0860. The molecule has 1 atom stereocenters. The van der Waals surface area contributed by atoms with Crippen molar-refractivity contribution >= 4 is 17.2 Å². The number of carbonyl (C=O) groups is 1. The molecule has 4 nitrogen and oxygen atoms in total. The maximum absolute atomic E-state index is 11.8. The van der Waals surface area contributed by atoms with Crippen molar-refractivity contribution < 1.29 is 9.53 Å². The number of hydrogen-bond acceptors (Lipinski definition) is 4. The lowest BCUT2D eigenvalue weighted by atomic mass is 10.2. The Balaban J connectivity index is 1.90. The number of nitrogens with zero attached hydrogens (tertiary/aromatic N) is 1. The van der Waals surface area contributed by atoms with Gasteiger partial charge in [-0.2, -0.15) is 0 Å².